The zero-order valence-corrected chi connectivity index (χ0v) is 40.8. The van der Waals surface area contributed by atoms with Crippen molar-refractivity contribution in [2.75, 3.05) is 0 Å². The molecule has 0 bridgehead atoms. The molecule has 0 saturated heterocycles. The lowest BCUT2D eigenvalue weighted by Gasteiger charge is -2.19. The molecule has 0 unspecified atom stereocenters. The standard InChI is InChI=1S/C42H26O.C38H24O/c1-2-12-27(13-3-1)37-26-30(24-28-14-4-5-15-31(28)37)42-35-19-8-6-17-33(35)41(34-18-7-9-20-36(34)42)29-22-23-40-38(25-29)32-16-10-11-21-39(32)43-40;1-2-10-25(11-3-1)26-18-20-27(21-19-26)37-30-13-4-6-15-32(30)38(33-16-7-5-14-31(33)37)28-22-23-36-34(24-28)29-12-8-9-17-35(29)39-36/h1-26H;1-24H/i1D,2D,3D,4D,5D,6D,7D,8D,9D,10D,11D,12D,13D,14D,15D,16D,17D,18D,19D,20D,21D,22D,23D,24D,25D,26D;1D,2D,3D,4D,5D,6D,7D,8D,9D,10D,11D,12D,13D,14D,15D,16D,17D,18D,19D,20D,21D,22D,23D,24D. The van der Waals surface area contributed by atoms with Crippen molar-refractivity contribution < 1.29 is 77.4 Å². The molecule has 0 spiro atoms. The van der Waals surface area contributed by atoms with Crippen LogP contribution < -0.4 is 0 Å². The van der Waals surface area contributed by atoms with Crippen molar-refractivity contribution in [3.63, 3.8) is 0 Å². The van der Waals surface area contributed by atoms with Crippen LogP contribution in [-0.4, -0.2) is 0 Å². The van der Waals surface area contributed by atoms with Gasteiger partial charge in [0.1, 0.15) is 22.3 Å². The summed E-state index contributed by atoms with van der Waals surface area (Å²) in [7, 11) is 0. The van der Waals surface area contributed by atoms with Gasteiger partial charge in [0.2, 0.25) is 0 Å². The molecule has 0 radical (unpaired) electrons. The lowest BCUT2D eigenvalue weighted by atomic mass is 9.84. The molecule has 2 heteroatoms. The van der Waals surface area contributed by atoms with E-state index in [4.69, 9.17) is 55.4 Å². The van der Waals surface area contributed by atoms with Crippen molar-refractivity contribution in [2.24, 2.45) is 0 Å². The Balaban J connectivity index is 0.000000193. The minimum Gasteiger partial charge on any atom is -0.456 e. The Bertz CT molecular complexity index is 8190. The van der Waals surface area contributed by atoms with Gasteiger partial charge < -0.3 is 8.83 Å². The highest BCUT2D eigenvalue weighted by atomic mass is 16.3. The topological polar surface area (TPSA) is 26.3 Å². The van der Waals surface area contributed by atoms with Crippen molar-refractivity contribution in [3.05, 3.63) is 302 Å². The molecule has 2 heterocycles. The Morgan fingerprint density at radius 3 is 0.939 bits per heavy atom. The number of hydrogen-bond donors (Lipinski definition) is 0. The number of fused-ring (bicyclic) bond motifs is 11. The second-order valence-electron chi connectivity index (χ2n) is 17.5. The molecular formula is C80H50O2. The van der Waals surface area contributed by atoms with E-state index in [2.05, 4.69) is 0 Å². The Morgan fingerprint density at radius 2 is 0.488 bits per heavy atom. The largest absolute Gasteiger partial charge is 0.456 e. The van der Waals surface area contributed by atoms with Crippen LogP contribution in [0.5, 0.6) is 0 Å². The van der Waals surface area contributed by atoms with Gasteiger partial charge >= 0.3 is 0 Å². The average molecular weight is 1090 g/mol. The van der Waals surface area contributed by atoms with Crippen molar-refractivity contribution >= 4 is 97.7 Å². The molecular weight excluding hydrogens is 993 g/mol. The first-order chi connectivity index (χ1) is 61.5. The smallest absolute Gasteiger partial charge is 0.135 e. The number of benzene rings is 15. The maximum Gasteiger partial charge on any atom is 0.135 e. The van der Waals surface area contributed by atoms with Gasteiger partial charge in [-0.3, -0.25) is 0 Å². The van der Waals surface area contributed by atoms with Crippen LogP contribution in [0.15, 0.2) is 311 Å². The lowest BCUT2D eigenvalue weighted by Crippen LogP contribution is -1.92. The van der Waals surface area contributed by atoms with Crippen LogP contribution in [-0.2, 0) is 0 Å². The molecule has 0 aliphatic heterocycles. The molecule has 17 rings (SSSR count). The Kier molecular flexibility index (Phi) is 4.50. The van der Waals surface area contributed by atoms with E-state index >= 15 is 0 Å². The predicted molar refractivity (Wildman–Crippen MR) is 348 cm³/mol. The normalized spacial score (nSPS) is 20.2. The number of rotatable bonds is 6. The van der Waals surface area contributed by atoms with E-state index in [1.165, 1.54) is 0 Å². The summed E-state index contributed by atoms with van der Waals surface area (Å²) >= 11 is 0. The van der Waals surface area contributed by atoms with Crippen molar-refractivity contribution in [1.82, 2.24) is 0 Å². The van der Waals surface area contributed by atoms with E-state index in [0.717, 1.165) is 0 Å². The summed E-state index contributed by atoms with van der Waals surface area (Å²) in [5, 5.41) is -8.85. The van der Waals surface area contributed by atoms with Gasteiger partial charge in [0.25, 0.3) is 0 Å². The molecule has 15 aromatic carbocycles. The first-order valence-electron chi connectivity index (χ1n) is 49.1. The highest BCUT2D eigenvalue weighted by Gasteiger charge is 2.21. The minimum atomic E-state index is -1.05. The summed E-state index contributed by atoms with van der Waals surface area (Å²) in [5.74, 6) is 0. The predicted octanol–water partition coefficient (Wildman–Crippen LogP) is 22.9. The molecule has 17 aromatic rings. The van der Waals surface area contributed by atoms with Crippen LogP contribution in [0.25, 0.3) is 165 Å². The fraction of sp³-hybridized carbons (Fsp3) is 0. The maximum atomic E-state index is 9.90. The van der Waals surface area contributed by atoms with Crippen molar-refractivity contribution in [1.29, 1.82) is 0 Å². The minimum absolute atomic E-state index is 0.396. The zero-order chi connectivity index (χ0) is 97.6. The van der Waals surface area contributed by atoms with E-state index in [1.807, 2.05) is 0 Å². The molecule has 0 saturated carbocycles. The highest BCUT2D eigenvalue weighted by Crippen LogP contribution is 2.48. The zero-order valence-electron chi connectivity index (χ0n) is 90.8. The molecule has 382 valence electrons. The number of para-hydroxylation sites is 2. The Labute approximate surface area is 544 Å². The molecule has 0 aliphatic rings. The molecule has 2 nitrogen and oxygen atoms in total. The van der Waals surface area contributed by atoms with E-state index < -0.39 is 467 Å². The molecule has 0 aliphatic carbocycles. The summed E-state index contributed by atoms with van der Waals surface area (Å²) in [5.41, 5.74) is -11.1. The van der Waals surface area contributed by atoms with Gasteiger partial charge in [0.05, 0.1) is 68.5 Å². The molecule has 0 fully saturated rings. The van der Waals surface area contributed by atoms with Gasteiger partial charge in [0, 0.05) is 21.5 Å². The molecule has 82 heavy (non-hydrogen) atoms. The van der Waals surface area contributed by atoms with Gasteiger partial charge in [-0.05, 0) is 169 Å². The first-order valence-corrected chi connectivity index (χ1v) is 24.1. The van der Waals surface area contributed by atoms with Crippen LogP contribution in [0.1, 0.15) is 68.5 Å². The summed E-state index contributed by atoms with van der Waals surface area (Å²) in [6.07, 6.45) is 0. The second-order valence-corrected chi connectivity index (χ2v) is 17.5. The lowest BCUT2D eigenvalue weighted by molar-refractivity contribution is 0.668. The van der Waals surface area contributed by atoms with Crippen LogP contribution in [0, 0.1) is 0 Å². The van der Waals surface area contributed by atoms with Crippen LogP contribution in [0.2, 0.25) is 0 Å². The van der Waals surface area contributed by atoms with E-state index in [9.17, 15) is 21.9 Å². The molecule has 0 N–H and O–H groups in total. The molecule has 2 aromatic heterocycles. The second kappa shape index (κ2) is 19.5. The SMILES string of the molecule is [2H]c1c([2H])c([2H])c(-c2c([2H])c(-c3c4c([2H])c([2H])c([2H])c([2H])c4c(-c4c([2H])c([2H])c5oc6c([2H])c([2H])c([2H])c([2H])c6c5c4[2H])c4c([2H])c([2H])c([2H])c([2H])c34)c([2H])c3c([2H])c([2H])c([2H])c([2H])c23)c([2H])c1[2H].[2H]c1c([2H])c([2H])c(-c2c([2H])c([2H])c(-c3c4c([2H])c([2H])c([2H])c([2H])c4c(-c4c([2H])c([2H])c5oc6c([2H])c([2H])c([2H])c([2H])c6c5c4[2H])c4c([2H])c([2H])c([2H])c([2H])c34)c([2H])c2[2H])c([2H])c1[2H]. The third-order valence-electron chi connectivity index (χ3n) is 13.1. The van der Waals surface area contributed by atoms with Gasteiger partial charge in [-0.25, -0.2) is 0 Å². The first kappa shape index (κ1) is 18.9. The summed E-state index contributed by atoms with van der Waals surface area (Å²) in [4.78, 5) is 0. The molecule has 0 atom stereocenters. The Morgan fingerprint density at radius 1 is 0.183 bits per heavy atom. The fourth-order valence-electron chi connectivity index (χ4n) is 9.67. The monoisotopic (exact) mass is 1090 g/mol. The quantitative estimate of drug-likeness (QED) is 0.155. The molecule has 0 amide bonds. The fourth-order valence-corrected chi connectivity index (χ4v) is 9.67. The third kappa shape index (κ3) is 7.87. The Hall–Kier alpha value is -10.8. The number of hydrogen-bond acceptors (Lipinski definition) is 2. The summed E-state index contributed by atoms with van der Waals surface area (Å²) < 4.78 is 456. The van der Waals surface area contributed by atoms with Crippen LogP contribution in [0.3, 0.4) is 0 Å². The van der Waals surface area contributed by atoms with Gasteiger partial charge in [-0.2, -0.15) is 0 Å². The van der Waals surface area contributed by atoms with Crippen LogP contribution >= 0.6 is 0 Å². The van der Waals surface area contributed by atoms with Gasteiger partial charge in [-0.1, -0.05) is 254 Å². The van der Waals surface area contributed by atoms with E-state index in [1.54, 1.807) is 0 Å². The van der Waals surface area contributed by atoms with E-state index in [-0.39, 0.29) is 0 Å². The third-order valence-corrected chi connectivity index (χ3v) is 13.1. The van der Waals surface area contributed by atoms with Crippen molar-refractivity contribution in [3.8, 4) is 66.8 Å². The van der Waals surface area contributed by atoms with Gasteiger partial charge in [0.15, 0.2) is 0 Å². The summed E-state index contributed by atoms with van der Waals surface area (Å²) in [6, 6.07) is -45.3. The summed E-state index contributed by atoms with van der Waals surface area (Å²) in [6.45, 7) is 0. The van der Waals surface area contributed by atoms with E-state index in [0.29, 0.717) is 0 Å². The maximum absolute atomic E-state index is 9.90. The number of furan rings is 2. The average Bonchev–Trinajstić information content (AvgIpc) is 0.939. The highest BCUT2D eigenvalue weighted by molar-refractivity contribution is 6.24. The van der Waals surface area contributed by atoms with Gasteiger partial charge in [-0.15, -0.1) is 0 Å². The van der Waals surface area contributed by atoms with Crippen molar-refractivity contribution in [2.45, 2.75) is 0 Å². The van der Waals surface area contributed by atoms with Crippen LogP contribution in [0.4, 0.5) is 0 Å².